The molecule has 4 N–H and O–H groups in total. The molecular formula is C25H28N6O. The Labute approximate surface area is 188 Å². The number of piperidine rings is 1. The van der Waals surface area contributed by atoms with Crippen molar-refractivity contribution in [3.05, 3.63) is 73.6 Å². The summed E-state index contributed by atoms with van der Waals surface area (Å²) in [6.07, 6.45) is 4.76. The Hall–Kier alpha value is -3.87. The van der Waals surface area contributed by atoms with E-state index in [1.165, 1.54) is 12.4 Å². The average molecular weight is 429 g/mol. The SMILES string of the molecule is C=CC(=O)N1CCC(CNc2ncnc(N)c2-c2ccc(Nc3ccccc3)cc2)CC1. The fourth-order valence-electron chi connectivity index (χ4n) is 3.95. The first-order valence-electron chi connectivity index (χ1n) is 10.8. The van der Waals surface area contributed by atoms with Gasteiger partial charge in [-0.3, -0.25) is 4.79 Å². The number of hydrogen-bond donors (Lipinski definition) is 3. The highest BCUT2D eigenvalue weighted by molar-refractivity contribution is 5.87. The Balaban J connectivity index is 1.43. The fraction of sp³-hybridized carbons (Fsp3) is 0.240. The number of benzene rings is 2. The second-order valence-electron chi connectivity index (χ2n) is 7.90. The summed E-state index contributed by atoms with van der Waals surface area (Å²) in [5.41, 5.74) is 10.0. The van der Waals surface area contributed by atoms with Crippen LogP contribution in [0.3, 0.4) is 0 Å². The number of para-hydroxylation sites is 1. The summed E-state index contributed by atoms with van der Waals surface area (Å²) in [6.45, 7) is 5.85. The number of carbonyl (C=O) groups excluding carboxylic acids is 1. The Morgan fingerprint density at radius 3 is 2.44 bits per heavy atom. The zero-order chi connectivity index (χ0) is 22.3. The molecule has 2 heterocycles. The van der Waals surface area contributed by atoms with E-state index in [4.69, 9.17) is 5.73 Å². The molecular weight excluding hydrogens is 400 g/mol. The Kier molecular flexibility index (Phi) is 6.65. The quantitative estimate of drug-likeness (QED) is 0.486. The number of nitrogens with zero attached hydrogens (tertiary/aromatic N) is 3. The minimum Gasteiger partial charge on any atom is -0.383 e. The van der Waals surface area contributed by atoms with Gasteiger partial charge in [-0.15, -0.1) is 0 Å². The Bertz CT molecular complexity index is 1060. The molecule has 0 aliphatic carbocycles. The predicted octanol–water partition coefficient (Wildman–Crippen LogP) is 4.31. The van der Waals surface area contributed by atoms with Crippen LogP contribution in [-0.2, 0) is 4.79 Å². The van der Waals surface area contributed by atoms with Gasteiger partial charge in [-0.2, -0.15) is 0 Å². The highest BCUT2D eigenvalue weighted by atomic mass is 16.2. The minimum atomic E-state index is 0.00692. The monoisotopic (exact) mass is 428 g/mol. The molecule has 1 fully saturated rings. The van der Waals surface area contributed by atoms with Gasteiger partial charge >= 0.3 is 0 Å². The maximum absolute atomic E-state index is 11.8. The van der Waals surface area contributed by atoms with E-state index < -0.39 is 0 Å². The topological polar surface area (TPSA) is 96.2 Å². The van der Waals surface area contributed by atoms with Crippen LogP contribution in [0.4, 0.5) is 23.0 Å². The summed E-state index contributed by atoms with van der Waals surface area (Å²) >= 11 is 0. The van der Waals surface area contributed by atoms with E-state index in [0.717, 1.165) is 60.8 Å². The Morgan fingerprint density at radius 2 is 1.75 bits per heavy atom. The summed E-state index contributed by atoms with van der Waals surface area (Å²) in [5, 5.41) is 6.85. The maximum Gasteiger partial charge on any atom is 0.245 e. The number of carbonyl (C=O) groups is 1. The van der Waals surface area contributed by atoms with Crippen molar-refractivity contribution < 1.29 is 4.79 Å². The number of rotatable bonds is 7. The highest BCUT2D eigenvalue weighted by Crippen LogP contribution is 2.32. The predicted molar refractivity (Wildman–Crippen MR) is 130 cm³/mol. The summed E-state index contributed by atoms with van der Waals surface area (Å²) in [5.74, 6) is 1.64. The lowest BCUT2D eigenvalue weighted by Crippen LogP contribution is -2.39. The van der Waals surface area contributed by atoms with Crippen molar-refractivity contribution in [1.29, 1.82) is 0 Å². The molecule has 3 aromatic rings. The van der Waals surface area contributed by atoms with Crippen LogP contribution in [0.25, 0.3) is 11.1 Å². The molecule has 1 saturated heterocycles. The number of nitrogen functional groups attached to an aromatic ring is 1. The number of nitrogens with one attached hydrogen (secondary N) is 2. The number of amides is 1. The van der Waals surface area contributed by atoms with Crippen molar-refractivity contribution in [3.8, 4) is 11.1 Å². The zero-order valence-corrected chi connectivity index (χ0v) is 18.0. The molecule has 1 aromatic heterocycles. The molecule has 7 nitrogen and oxygen atoms in total. The van der Waals surface area contributed by atoms with Crippen LogP contribution >= 0.6 is 0 Å². The molecule has 2 aromatic carbocycles. The largest absolute Gasteiger partial charge is 0.383 e. The molecule has 164 valence electrons. The number of anilines is 4. The lowest BCUT2D eigenvalue weighted by Gasteiger charge is -2.31. The van der Waals surface area contributed by atoms with Gasteiger partial charge in [-0.25, -0.2) is 9.97 Å². The summed E-state index contributed by atoms with van der Waals surface area (Å²) < 4.78 is 0. The molecule has 32 heavy (non-hydrogen) atoms. The van der Waals surface area contributed by atoms with Gasteiger partial charge in [0.2, 0.25) is 5.91 Å². The van der Waals surface area contributed by atoms with Crippen molar-refractivity contribution in [2.24, 2.45) is 5.92 Å². The number of likely N-dealkylation sites (tertiary alicyclic amines) is 1. The molecule has 0 saturated carbocycles. The molecule has 1 aliphatic rings. The molecule has 7 heteroatoms. The van der Waals surface area contributed by atoms with Crippen LogP contribution in [0.2, 0.25) is 0 Å². The van der Waals surface area contributed by atoms with Gasteiger partial charge in [0, 0.05) is 31.0 Å². The molecule has 0 spiro atoms. The second-order valence-corrected chi connectivity index (χ2v) is 7.90. The lowest BCUT2D eigenvalue weighted by atomic mass is 9.96. The van der Waals surface area contributed by atoms with Gasteiger partial charge in [-0.05, 0) is 54.7 Å². The Morgan fingerprint density at radius 1 is 1.06 bits per heavy atom. The van der Waals surface area contributed by atoms with E-state index in [1.807, 2.05) is 59.5 Å². The zero-order valence-electron chi connectivity index (χ0n) is 18.0. The first-order valence-corrected chi connectivity index (χ1v) is 10.8. The van der Waals surface area contributed by atoms with Crippen molar-refractivity contribution in [1.82, 2.24) is 14.9 Å². The van der Waals surface area contributed by atoms with Crippen LogP contribution in [0.1, 0.15) is 12.8 Å². The summed E-state index contributed by atoms with van der Waals surface area (Å²) in [7, 11) is 0. The molecule has 0 atom stereocenters. The summed E-state index contributed by atoms with van der Waals surface area (Å²) in [6, 6.07) is 18.1. The van der Waals surface area contributed by atoms with Crippen molar-refractivity contribution in [3.63, 3.8) is 0 Å². The van der Waals surface area contributed by atoms with Crippen LogP contribution in [0.15, 0.2) is 73.6 Å². The van der Waals surface area contributed by atoms with Crippen molar-refractivity contribution >= 4 is 28.9 Å². The first-order chi connectivity index (χ1) is 15.6. The van der Waals surface area contributed by atoms with Gasteiger partial charge in [0.15, 0.2) is 0 Å². The molecule has 0 bridgehead atoms. The van der Waals surface area contributed by atoms with E-state index in [9.17, 15) is 4.79 Å². The minimum absolute atomic E-state index is 0.00692. The molecule has 0 unspecified atom stereocenters. The third kappa shape index (κ3) is 5.06. The van der Waals surface area contributed by atoms with Gasteiger partial charge < -0.3 is 21.3 Å². The first kappa shape index (κ1) is 21.4. The normalized spacial score (nSPS) is 14.1. The highest BCUT2D eigenvalue weighted by Gasteiger charge is 2.22. The fourth-order valence-corrected chi connectivity index (χ4v) is 3.95. The van der Waals surface area contributed by atoms with Gasteiger partial charge in [0.25, 0.3) is 0 Å². The van der Waals surface area contributed by atoms with Crippen molar-refractivity contribution in [2.75, 3.05) is 36.0 Å². The standard InChI is InChI=1S/C25H28N6O/c1-2-22(32)31-14-12-18(13-15-31)16-27-25-23(24(26)28-17-29-25)19-8-10-21(11-9-19)30-20-6-4-3-5-7-20/h2-11,17-18,30H,1,12-16H2,(H3,26,27,28,29). The van der Waals surface area contributed by atoms with Gasteiger partial charge in [0.05, 0.1) is 5.56 Å². The smallest absolute Gasteiger partial charge is 0.245 e. The maximum atomic E-state index is 11.8. The van der Waals surface area contributed by atoms with Crippen LogP contribution in [0.5, 0.6) is 0 Å². The molecule has 0 radical (unpaired) electrons. The van der Waals surface area contributed by atoms with Crippen LogP contribution in [0, 0.1) is 5.92 Å². The second kappa shape index (κ2) is 9.96. The number of hydrogen-bond acceptors (Lipinski definition) is 6. The van der Waals surface area contributed by atoms with E-state index in [-0.39, 0.29) is 5.91 Å². The van der Waals surface area contributed by atoms with E-state index in [1.54, 1.807) is 0 Å². The lowest BCUT2D eigenvalue weighted by molar-refractivity contribution is -0.127. The van der Waals surface area contributed by atoms with Crippen molar-refractivity contribution in [2.45, 2.75) is 12.8 Å². The van der Waals surface area contributed by atoms with E-state index >= 15 is 0 Å². The van der Waals surface area contributed by atoms with Gasteiger partial charge in [-0.1, -0.05) is 36.9 Å². The molecule has 1 amide bonds. The number of aromatic nitrogens is 2. The molecule has 1 aliphatic heterocycles. The molecule has 4 rings (SSSR count). The number of nitrogens with two attached hydrogens (primary N) is 1. The van der Waals surface area contributed by atoms with E-state index in [0.29, 0.717) is 11.7 Å². The van der Waals surface area contributed by atoms with E-state index in [2.05, 4.69) is 27.2 Å². The van der Waals surface area contributed by atoms with Gasteiger partial charge in [0.1, 0.15) is 18.0 Å². The summed E-state index contributed by atoms with van der Waals surface area (Å²) in [4.78, 5) is 22.3. The van der Waals surface area contributed by atoms with Crippen LogP contribution in [-0.4, -0.2) is 40.4 Å². The third-order valence-corrected chi connectivity index (χ3v) is 5.77. The average Bonchev–Trinajstić information content (AvgIpc) is 2.84. The third-order valence-electron chi connectivity index (χ3n) is 5.77. The van der Waals surface area contributed by atoms with Crippen LogP contribution < -0.4 is 16.4 Å².